The topological polar surface area (TPSA) is 138 Å². The van der Waals surface area contributed by atoms with Crippen LogP contribution in [0.2, 0.25) is 0 Å². The smallest absolute Gasteiger partial charge is 1.00 e. The fourth-order valence-corrected chi connectivity index (χ4v) is 1.35. The minimum atomic E-state index is -0.919. The Kier molecular flexibility index (Phi) is 41.3. The Morgan fingerprint density at radius 2 is 1.13 bits per heavy atom. The van der Waals surface area contributed by atoms with Gasteiger partial charge in [-0.05, 0) is 12.8 Å². The number of carboxylic acid groups (broad SMARTS) is 2. The van der Waals surface area contributed by atoms with Gasteiger partial charge in [0, 0.05) is 25.9 Å². The molecular weight excluding hydrogens is 426 g/mol. The summed E-state index contributed by atoms with van der Waals surface area (Å²) in [5.41, 5.74) is 4.34. The summed E-state index contributed by atoms with van der Waals surface area (Å²) in [6, 6.07) is 0. The molecule has 0 rings (SSSR count). The van der Waals surface area contributed by atoms with Crippen LogP contribution in [0.3, 0.4) is 0 Å². The van der Waals surface area contributed by atoms with Gasteiger partial charge in [0.15, 0.2) is 0 Å². The van der Waals surface area contributed by atoms with Crippen molar-refractivity contribution in [2.24, 2.45) is 5.73 Å². The third-order valence-corrected chi connectivity index (χ3v) is 2.19. The summed E-state index contributed by atoms with van der Waals surface area (Å²) in [4.78, 5) is 41.9. The van der Waals surface area contributed by atoms with Crippen LogP contribution in [0.5, 0.6) is 0 Å². The quantitative estimate of drug-likeness (QED) is 0.185. The van der Waals surface area contributed by atoms with Crippen molar-refractivity contribution in [1.82, 2.24) is 4.90 Å². The van der Waals surface area contributed by atoms with Gasteiger partial charge in [-0.1, -0.05) is 25.3 Å². The predicted molar refractivity (Wildman–Crippen MR) is 81.6 cm³/mol. The zero-order valence-electron chi connectivity index (χ0n) is 16.7. The fourth-order valence-electron chi connectivity index (χ4n) is 1.15. The van der Waals surface area contributed by atoms with E-state index in [1.807, 2.05) is 0 Å². The SMILES string of the molecule is NC(=O)S.O=C(O)CCCN(CCCC(=O)O)C(=O)S.[H-].[H-].[H-].[K+].[K+].[K+]. The number of rotatable bonds is 8. The van der Waals surface area contributed by atoms with Crippen LogP contribution in [-0.2, 0) is 9.59 Å². The van der Waals surface area contributed by atoms with Crippen molar-refractivity contribution in [3.63, 3.8) is 0 Å². The molecule has 2 amide bonds. The average molecular weight is 447 g/mol. The third-order valence-electron chi connectivity index (χ3n) is 1.91. The van der Waals surface area contributed by atoms with E-state index < -0.39 is 22.4 Å². The molecule has 0 aliphatic rings. The van der Waals surface area contributed by atoms with Crippen molar-refractivity contribution in [2.75, 3.05) is 13.1 Å². The molecule has 0 aromatic carbocycles. The van der Waals surface area contributed by atoms with Crippen molar-refractivity contribution < 1.29 is 188 Å². The van der Waals surface area contributed by atoms with E-state index in [0.29, 0.717) is 12.8 Å². The van der Waals surface area contributed by atoms with Crippen LogP contribution < -0.4 is 160 Å². The molecule has 122 valence electrons. The number of carboxylic acids is 2. The van der Waals surface area contributed by atoms with E-state index in [9.17, 15) is 14.4 Å². The van der Waals surface area contributed by atoms with Crippen molar-refractivity contribution in [3.05, 3.63) is 0 Å². The number of carbonyl (C=O) groups excluding carboxylic acids is 2. The average Bonchev–Trinajstić information content (AvgIpc) is 2.24. The van der Waals surface area contributed by atoms with Crippen LogP contribution >= 0.6 is 25.3 Å². The van der Waals surface area contributed by atoms with Crippen molar-refractivity contribution in [3.8, 4) is 0 Å². The maximum atomic E-state index is 11.0. The second kappa shape index (κ2) is 25.5. The van der Waals surface area contributed by atoms with Gasteiger partial charge in [-0.2, -0.15) is 0 Å². The molecule has 13 heteroatoms. The number of amides is 2. The van der Waals surface area contributed by atoms with Crippen molar-refractivity contribution >= 4 is 47.7 Å². The number of hydrogen-bond acceptors (Lipinski definition) is 4. The monoisotopic (exact) mass is 446 g/mol. The molecule has 0 saturated heterocycles. The van der Waals surface area contributed by atoms with Crippen LogP contribution in [-0.4, -0.2) is 50.6 Å². The Hall–Kier alpha value is 3.49. The first kappa shape index (κ1) is 37.3. The maximum Gasteiger partial charge on any atom is 1.00 e. The normalized spacial score (nSPS) is 7.91. The molecule has 0 spiro atoms. The largest absolute Gasteiger partial charge is 1.00 e. The first-order chi connectivity index (χ1) is 9.16. The van der Waals surface area contributed by atoms with E-state index >= 15 is 0 Å². The van der Waals surface area contributed by atoms with Gasteiger partial charge in [0.05, 0.1) is 0 Å². The Morgan fingerprint density at radius 1 is 0.870 bits per heavy atom. The summed E-state index contributed by atoms with van der Waals surface area (Å²) in [6.45, 7) is 0.572. The zero-order valence-corrected chi connectivity index (χ0v) is 24.8. The minimum absolute atomic E-state index is 0. The Labute approximate surface area is 278 Å². The van der Waals surface area contributed by atoms with Gasteiger partial charge in [0.2, 0.25) is 0 Å². The van der Waals surface area contributed by atoms with Crippen molar-refractivity contribution in [1.29, 1.82) is 0 Å². The van der Waals surface area contributed by atoms with Gasteiger partial charge in [-0.25, -0.2) is 0 Å². The van der Waals surface area contributed by atoms with Gasteiger partial charge in [0.1, 0.15) is 0 Å². The molecule has 0 saturated carbocycles. The van der Waals surface area contributed by atoms with Crippen LogP contribution in [0.15, 0.2) is 0 Å². The molecule has 0 aliphatic heterocycles. The first-order valence-corrected chi connectivity index (χ1v) is 6.46. The maximum absolute atomic E-state index is 11.0. The van der Waals surface area contributed by atoms with E-state index in [1.54, 1.807) is 0 Å². The molecule has 0 aromatic rings. The molecule has 0 heterocycles. The minimum Gasteiger partial charge on any atom is -1.00 e. The second-order valence-electron chi connectivity index (χ2n) is 3.60. The molecule has 8 nitrogen and oxygen atoms in total. The molecule has 0 fully saturated rings. The Bertz CT molecular complexity index is 353. The zero-order chi connectivity index (χ0) is 16.1. The van der Waals surface area contributed by atoms with Gasteiger partial charge in [-0.3, -0.25) is 19.2 Å². The number of thiol groups is 2. The van der Waals surface area contributed by atoms with Gasteiger partial charge >= 0.3 is 166 Å². The van der Waals surface area contributed by atoms with Crippen LogP contribution in [0, 0.1) is 0 Å². The molecule has 0 aromatic heterocycles. The number of aliphatic carboxylic acids is 2. The summed E-state index contributed by atoms with van der Waals surface area (Å²) in [5, 5.41) is 15.7. The van der Waals surface area contributed by atoms with E-state index in [4.69, 9.17) is 15.0 Å². The number of carbonyl (C=O) groups is 4. The summed E-state index contributed by atoms with van der Waals surface area (Å²) in [5.74, 6) is -1.84. The number of hydrogen-bond donors (Lipinski definition) is 5. The van der Waals surface area contributed by atoms with E-state index in [1.165, 1.54) is 4.90 Å². The molecule has 0 unspecified atom stereocenters. The molecule has 4 N–H and O–H groups in total. The third kappa shape index (κ3) is 37.0. The second-order valence-corrected chi connectivity index (χ2v) is 4.43. The number of primary amides is 1. The van der Waals surface area contributed by atoms with Gasteiger partial charge in [-0.15, -0.1) is 0 Å². The van der Waals surface area contributed by atoms with Crippen LogP contribution in [0.25, 0.3) is 0 Å². The van der Waals surface area contributed by atoms with Crippen molar-refractivity contribution in [2.45, 2.75) is 25.7 Å². The summed E-state index contributed by atoms with van der Waals surface area (Å²) < 4.78 is 0. The Morgan fingerprint density at radius 3 is 1.30 bits per heavy atom. The molecular formula is C10H21K3N2O6S2. The van der Waals surface area contributed by atoms with Crippen LogP contribution in [0.4, 0.5) is 9.59 Å². The standard InChI is InChI=1S/C9H15NO5S.CH3NOS.3K.3H/c11-7(12)3-1-5-10(9(15)16)6-2-4-8(13)14;2-1(3)4;;;;;;/h1-6H2,(H,11,12)(H,13,14)(H,15,16);(H3,2,3,4);;;;;;/q;;3*+1;3*-1. The molecule has 0 radical (unpaired) electrons. The molecule has 23 heavy (non-hydrogen) atoms. The molecule has 0 bridgehead atoms. The number of nitrogens with zero attached hydrogens (tertiary/aromatic N) is 1. The van der Waals surface area contributed by atoms with Gasteiger partial charge < -0.3 is 25.1 Å². The Balaban J connectivity index is -0.0000000491. The summed E-state index contributed by atoms with van der Waals surface area (Å²) >= 11 is 6.74. The molecule has 0 atom stereocenters. The van der Waals surface area contributed by atoms with E-state index in [0.717, 1.165) is 0 Å². The van der Waals surface area contributed by atoms with Crippen LogP contribution in [0.1, 0.15) is 30.0 Å². The summed E-state index contributed by atoms with van der Waals surface area (Å²) in [7, 11) is 0. The van der Waals surface area contributed by atoms with Gasteiger partial charge in [0.25, 0.3) is 10.5 Å². The van der Waals surface area contributed by atoms with E-state index in [-0.39, 0.29) is 184 Å². The predicted octanol–water partition coefficient (Wildman–Crippen LogP) is -7.59. The molecule has 0 aliphatic carbocycles. The fraction of sp³-hybridized carbons (Fsp3) is 0.600. The van der Waals surface area contributed by atoms with E-state index in [2.05, 4.69) is 31.0 Å². The first-order valence-electron chi connectivity index (χ1n) is 5.56. The summed E-state index contributed by atoms with van der Waals surface area (Å²) in [6.07, 6.45) is 0.649. The number of nitrogens with two attached hydrogens (primary N) is 1.